The van der Waals surface area contributed by atoms with E-state index in [2.05, 4.69) is 15.3 Å². The van der Waals surface area contributed by atoms with Crippen LogP contribution in [0, 0.1) is 5.92 Å². The van der Waals surface area contributed by atoms with E-state index in [1.807, 2.05) is 0 Å². The van der Waals surface area contributed by atoms with E-state index < -0.39 is 5.97 Å². The fraction of sp³-hybridized carbons (Fsp3) is 0.385. The largest absolute Gasteiger partial charge is 0.476 e. The molecule has 0 spiro atoms. The van der Waals surface area contributed by atoms with Gasteiger partial charge in [-0.25, -0.2) is 9.48 Å². The van der Waals surface area contributed by atoms with Gasteiger partial charge in [0.1, 0.15) is 5.69 Å². The van der Waals surface area contributed by atoms with Crippen molar-refractivity contribution in [2.24, 2.45) is 5.92 Å². The van der Waals surface area contributed by atoms with E-state index in [4.69, 9.17) is 0 Å². The highest BCUT2D eigenvalue weighted by molar-refractivity contribution is 5.92. The van der Waals surface area contributed by atoms with Crippen LogP contribution in [0.15, 0.2) is 24.5 Å². The van der Waals surface area contributed by atoms with Gasteiger partial charge in [-0.3, -0.25) is 4.98 Å². The summed E-state index contributed by atoms with van der Waals surface area (Å²) in [6, 6.07) is 3.55. The zero-order chi connectivity index (χ0) is 13.2. The quantitative estimate of drug-likeness (QED) is 0.885. The molecule has 3 rings (SSSR count). The first kappa shape index (κ1) is 11.8. The van der Waals surface area contributed by atoms with Crippen LogP contribution in [0.4, 0.5) is 0 Å². The number of rotatable bonds is 5. The third-order valence-corrected chi connectivity index (χ3v) is 3.34. The number of carboxylic acids is 1. The molecule has 0 saturated heterocycles. The molecule has 0 radical (unpaired) electrons. The van der Waals surface area contributed by atoms with Crippen molar-refractivity contribution in [2.45, 2.75) is 25.8 Å². The molecule has 98 valence electrons. The predicted octanol–water partition coefficient (Wildman–Crippen LogP) is 1.84. The third kappa shape index (κ3) is 2.47. The second-order valence-corrected chi connectivity index (χ2v) is 4.78. The molecule has 2 aromatic heterocycles. The first-order chi connectivity index (χ1) is 9.25. The summed E-state index contributed by atoms with van der Waals surface area (Å²) in [7, 11) is 0. The first-order valence-electron chi connectivity index (χ1n) is 6.33. The van der Waals surface area contributed by atoms with Crippen LogP contribution < -0.4 is 0 Å². The lowest BCUT2D eigenvalue weighted by Crippen LogP contribution is -2.05. The molecule has 1 fully saturated rings. The Hall–Kier alpha value is -2.24. The minimum Gasteiger partial charge on any atom is -0.476 e. The minimum atomic E-state index is -1.05. The van der Waals surface area contributed by atoms with E-state index in [9.17, 15) is 9.90 Å². The summed E-state index contributed by atoms with van der Waals surface area (Å²) in [5.74, 6) is -0.285. The average Bonchev–Trinajstić information content (AvgIpc) is 3.15. The van der Waals surface area contributed by atoms with E-state index in [1.165, 1.54) is 12.8 Å². The Labute approximate surface area is 110 Å². The summed E-state index contributed by atoms with van der Waals surface area (Å²) < 4.78 is 1.69. The zero-order valence-corrected chi connectivity index (χ0v) is 10.4. The molecule has 2 heterocycles. The van der Waals surface area contributed by atoms with Crippen LogP contribution in [0.2, 0.25) is 0 Å². The van der Waals surface area contributed by atoms with Gasteiger partial charge in [0.15, 0.2) is 5.69 Å². The van der Waals surface area contributed by atoms with Gasteiger partial charge < -0.3 is 5.11 Å². The second kappa shape index (κ2) is 4.79. The molecule has 1 saturated carbocycles. The van der Waals surface area contributed by atoms with Gasteiger partial charge in [-0.05, 0) is 24.5 Å². The molecule has 0 bridgehead atoms. The third-order valence-electron chi connectivity index (χ3n) is 3.34. The van der Waals surface area contributed by atoms with E-state index in [0.29, 0.717) is 12.2 Å². The van der Waals surface area contributed by atoms with Crippen LogP contribution in [0.1, 0.15) is 29.8 Å². The highest BCUT2D eigenvalue weighted by Gasteiger charge is 2.24. The molecule has 0 aliphatic heterocycles. The number of aromatic carboxylic acids is 1. The van der Waals surface area contributed by atoms with E-state index >= 15 is 0 Å². The lowest BCUT2D eigenvalue weighted by Gasteiger charge is -2.06. The van der Waals surface area contributed by atoms with Gasteiger partial charge in [0.25, 0.3) is 0 Å². The topological polar surface area (TPSA) is 80.9 Å². The van der Waals surface area contributed by atoms with Crippen molar-refractivity contribution in [3.63, 3.8) is 0 Å². The van der Waals surface area contributed by atoms with Gasteiger partial charge in [-0.15, -0.1) is 5.10 Å². The number of carboxylic acid groups (broad SMARTS) is 1. The Morgan fingerprint density at radius 2 is 2.11 bits per heavy atom. The van der Waals surface area contributed by atoms with Crippen LogP contribution in [-0.2, 0) is 6.54 Å². The molecule has 6 heteroatoms. The van der Waals surface area contributed by atoms with Gasteiger partial charge >= 0.3 is 5.97 Å². The van der Waals surface area contributed by atoms with Crippen LogP contribution >= 0.6 is 0 Å². The van der Waals surface area contributed by atoms with Crippen LogP contribution in [-0.4, -0.2) is 31.1 Å². The van der Waals surface area contributed by atoms with Gasteiger partial charge in [0.2, 0.25) is 0 Å². The van der Waals surface area contributed by atoms with Crippen molar-refractivity contribution < 1.29 is 9.90 Å². The Bertz CT molecular complexity index is 590. The maximum absolute atomic E-state index is 11.2. The van der Waals surface area contributed by atoms with E-state index in [1.54, 1.807) is 29.2 Å². The molecule has 6 nitrogen and oxygen atoms in total. The summed E-state index contributed by atoms with van der Waals surface area (Å²) in [6.45, 7) is 0.711. The molecule has 0 aromatic carbocycles. The van der Waals surface area contributed by atoms with Crippen molar-refractivity contribution in [2.75, 3.05) is 0 Å². The zero-order valence-electron chi connectivity index (χ0n) is 10.4. The normalized spacial score (nSPS) is 14.5. The molecule has 2 aromatic rings. The molecule has 1 aliphatic rings. The lowest BCUT2D eigenvalue weighted by molar-refractivity contribution is 0.0691. The average molecular weight is 258 g/mol. The maximum atomic E-state index is 11.2. The molecule has 0 amide bonds. The number of carbonyl (C=O) groups is 1. The maximum Gasteiger partial charge on any atom is 0.358 e. The van der Waals surface area contributed by atoms with Crippen molar-refractivity contribution in [1.29, 1.82) is 0 Å². The Morgan fingerprint density at radius 3 is 2.74 bits per heavy atom. The number of aryl methyl sites for hydroxylation is 1. The van der Waals surface area contributed by atoms with Gasteiger partial charge in [-0.1, -0.05) is 18.1 Å². The molecule has 1 aliphatic carbocycles. The molecular weight excluding hydrogens is 244 g/mol. The number of aromatic nitrogens is 4. The number of hydrogen-bond donors (Lipinski definition) is 1. The van der Waals surface area contributed by atoms with Gasteiger partial charge in [0.05, 0.1) is 0 Å². The van der Waals surface area contributed by atoms with E-state index in [-0.39, 0.29) is 5.69 Å². The van der Waals surface area contributed by atoms with Gasteiger partial charge in [0, 0.05) is 24.5 Å². The minimum absolute atomic E-state index is 0.00185. The fourth-order valence-electron chi connectivity index (χ4n) is 2.12. The molecule has 0 unspecified atom stereocenters. The standard InChI is InChI=1S/C13H14N4O2/c18-13(19)11-12(10-3-6-14-7-4-10)17(16-15-11)8-5-9-1-2-9/h3-4,6-7,9H,1-2,5,8H2,(H,18,19). The SMILES string of the molecule is O=C(O)c1nnn(CCC2CC2)c1-c1ccncc1. The van der Waals surface area contributed by atoms with Crippen molar-refractivity contribution in [1.82, 2.24) is 20.0 Å². The number of nitrogens with zero attached hydrogens (tertiary/aromatic N) is 4. The van der Waals surface area contributed by atoms with Crippen molar-refractivity contribution in [3.8, 4) is 11.3 Å². The highest BCUT2D eigenvalue weighted by Crippen LogP contribution is 2.33. The van der Waals surface area contributed by atoms with E-state index in [0.717, 1.165) is 17.9 Å². The number of hydrogen-bond acceptors (Lipinski definition) is 4. The lowest BCUT2D eigenvalue weighted by atomic mass is 10.1. The summed E-state index contributed by atoms with van der Waals surface area (Å²) in [5, 5.41) is 17.0. The van der Waals surface area contributed by atoms with Crippen molar-refractivity contribution >= 4 is 5.97 Å². The first-order valence-corrected chi connectivity index (χ1v) is 6.33. The predicted molar refractivity (Wildman–Crippen MR) is 67.6 cm³/mol. The molecule has 1 N–H and O–H groups in total. The monoisotopic (exact) mass is 258 g/mol. The van der Waals surface area contributed by atoms with Gasteiger partial charge in [-0.2, -0.15) is 0 Å². The Balaban J connectivity index is 1.97. The van der Waals surface area contributed by atoms with Crippen LogP contribution in [0.5, 0.6) is 0 Å². The summed E-state index contributed by atoms with van der Waals surface area (Å²) >= 11 is 0. The highest BCUT2D eigenvalue weighted by atomic mass is 16.4. The molecule has 19 heavy (non-hydrogen) atoms. The van der Waals surface area contributed by atoms with Crippen LogP contribution in [0.3, 0.4) is 0 Å². The van der Waals surface area contributed by atoms with Crippen molar-refractivity contribution in [3.05, 3.63) is 30.2 Å². The summed E-state index contributed by atoms with van der Waals surface area (Å²) in [6.07, 6.45) is 6.84. The smallest absolute Gasteiger partial charge is 0.358 e. The Morgan fingerprint density at radius 1 is 1.37 bits per heavy atom. The number of pyridine rings is 1. The molecular formula is C13H14N4O2. The second-order valence-electron chi connectivity index (χ2n) is 4.78. The van der Waals surface area contributed by atoms with Crippen LogP contribution in [0.25, 0.3) is 11.3 Å². The summed E-state index contributed by atoms with van der Waals surface area (Å²) in [4.78, 5) is 15.2. The molecule has 0 atom stereocenters. The Kier molecular flexibility index (Phi) is 2.98. The summed E-state index contributed by atoms with van der Waals surface area (Å²) in [5.41, 5.74) is 1.35. The fourth-order valence-corrected chi connectivity index (χ4v) is 2.12.